The maximum atomic E-state index is 12.9. The van der Waals surface area contributed by atoms with Crippen molar-refractivity contribution in [3.8, 4) is 0 Å². The third-order valence-electron chi connectivity index (χ3n) is 5.06. The van der Waals surface area contributed by atoms with Gasteiger partial charge in [0.05, 0.1) is 28.7 Å². The largest absolute Gasteiger partial charge is 0.416 e. The Morgan fingerprint density at radius 2 is 1.55 bits per heavy atom. The number of rotatable bonds is 4. The number of anilines is 2. The standard InChI is InChI=1S/C23H20F3N3/c1-27-19-9-5-6-10-21(19)29-22(17-7-3-2-4-8-17)15-20(28-29)16-11-13-18(14-12-16)23(24,25)26/h2-14,22,27H,15H2,1H3. The van der Waals surface area contributed by atoms with Crippen LogP contribution in [-0.4, -0.2) is 12.8 Å². The van der Waals surface area contributed by atoms with Crippen LogP contribution in [0.15, 0.2) is 84.0 Å². The molecule has 0 spiro atoms. The van der Waals surface area contributed by atoms with Crippen LogP contribution < -0.4 is 10.3 Å². The van der Waals surface area contributed by atoms with Crippen molar-refractivity contribution in [1.82, 2.24) is 0 Å². The van der Waals surface area contributed by atoms with Crippen molar-refractivity contribution < 1.29 is 13.2 Å². The maximum absolute atomic E-state index is 12.9. The average molecular weight is 395 g/mol. The summed E-state index contributed by atoms with van der Waals surface area (Å²) >= 11 is 0. The van der Waals surface area contributed by atoms with E-state index in [1.807, 2.05) is 66.7 Å². The van der Waals surface area contributed by atoms with Crippen molar-refractivity contribution in [2.75, 3.05) is 17.4 Å². The van der Waals surface area contributed by atoms with E-state index in [-0.39, 0.29) is 6.04 Å². The average Bonchev–Trinajstić information content (AvgIpc) is 3.19. The van der Waals surface area contributed by atoms with E-state index < -0.39 is 11.7 Å². The number of nitrogens with one attached hydrogen (secondary N) is 1. The quantitative estimate of drug-likeness (QED) is 0.578. The van der Waals surface area contributed by atoms with Crippen molar-refractivity contribution in [1.29, 1.82) is 0 Å². The normalized spacial score (nSPS) is 16.6. The summed E-state index contributed by atoms with van der Waals surface area (Å²) in [5.41, 5.74) is 3.76. The molecule has 0 aromatic heterocycles. The third-order valence-corrected chi connectivity index (χ3v) is 5.06. The van der Waals surface area contributed by atoms with Crippen LogP contribution in [0.25, 0.3) is 0 Å². The van der Waals surface area contributed by atoms with Crippen molar-refractivity contribution in [3.63, 3.8) is 0 Å². The second-order valence-corrected chi connectivity index (χ2v) is 6.86. The molecule has 0 saturated carbocycles. The first kappa shape index (κ1) is 19.1. The molecule has 0 amide bonds. The van der Waals surface area contributed by atoms with E-state index >= 15 is 0 Å². The zero-order valence-electron chi connectivity index (χ0n) is 15.8. The summed E-state index contributed by atoms with van der Waals surface area (Å²) in [4.78, 5) is 0. The van der Waals surface area contributed by atoms with E-state index in [9.17, 15) is 13.2 Å². The number of hydrogen-bond acceptors (Lipinski definition) is 3. The number of alkyl halides is 3. The Balaban J connectivity index is 1.74. The summed E-state index contributed by atoms with van der Waals surface area (Å²) in [5, 5.41) is 9.96. The zero-order chi connectivity index (χ0) is 20.4. The molecule has 4 rings (SSSR count). The summed E-state index contributed by atoms with van der Waals surface area (Å²) in [6.45, 7) is 0. The fourth-order valence-electron chi connectivity index (χ4n) is 3.58. The van der Waals surface area contributed by atoms with Crippen LogP contribution in [-0.2, 0) is 6.18 Å². The Bertz CT molecular complexity index is 1010. The van der Waals surface area contributed by atoms with E-state index in [1.54, 1.807) is 0 Å². The van der Waals surface area contributed by atoms with Crippen LogP contribution in [0.5, 0.6) is 0 Å². The minimum absolute atomic E-state index is 0.0389. The number of para-hydroxylation sites is 2. The number of benzene rings is 3. The summed E-state index contributed by atoms with van der Waals surface area (Å²) in [6.07, 6.45) is -3.74. The second kappa shape index (κ2) is 7.62. The van der Waals surface area contributed by atoms with E-state index in [4.69, 9.17) is 5.10 Å². The molecule has 1 heterocycles. The summed E-state index contributed by atoms with van der Waals surface area (Å²) in [7, 11) is 1.85. The number of halogens is 3. The molecule has 29 heavy (non-hydrogen) atoms. The van der Waals surface area contributed by atoms with Gasteiger partial charge in [0.1, 0.15) is 0 Å². The lowest BCUT2D eigenvalue weighted by Crippen LogP contribution is -2.19. The number of hydrogen-bond donors (Lipinski definition) is 1. The topological polar surface area (TPSA) is 27.6 Å². The van der Waals surface area contributed by atoms with Crippen LogP contribution in [0.2, 0.25) is 0 Å². The highest BCUT2D eigenvalue weighted by Crippen LogP contribution is 2.40. The van der Waals surface area contributed by atoms with E-state index in [2.05, 4.69) is 5.32 Å². The minimum atomic E-state index is -4.35. The van der Waals surface area contributed by atoms with Crippen LogP contribution in [0.4, 0.5) is 24.5 Å². The van der Waals surface area contributed by atoms with Crippen LogP contribution in [0.1, 0.15) is 29.2 Å². The van der Waals surface area contributed by atoms with Gasteiger partial charge in [-0.15, -0.1) is 0 Å². The molecule has 1 aliphatic heterocycles. The molecule has 1 atom stereocenters. The molecule has 0 aliphatic carbocycles. The lowest BCUT2D eigenvalue weighted by molar-refractivity contribution is -0.137. The second-order valence-electron chi connectivity index (χ2n) is 6.86. The lowest BCUT2D eigenvalue weighted by atomic mass is 9.97. The lowest BCUT2D eigenvalue weighted by Gasteiger charge is -2.26. The Morgan fingerprint density at radius 1 is 0.897 bits per heavy atom. The van der Waals surface area contributed by atoms with Gasteiger partial charge >= 0.3 is 6.18 Å². The van der Waals surface area contributed by atoms with Crippen molar-refractivity contribution in [2.45, 2.75) is 18.6 Å². The van der Waals surface area contributed by atoms with Gasteiger partial charge in [-0.3, -0.25) is 5.01 Å². The third kappa shape index (κ3) is 3.83. The zero-order valence-corrected chi connectivity index (χ0v) is 15.8. The fraction of sp³-hybridized carbons (Fsp3) is 0.174. The molecule has 0 fully saturated rings. The maximum Gasteiger partial charge on any atom is 0.416 e. The van der Waals surface area contributed by atoms with Gasteiger partial charge in [0.25, 0.3) is 0 Å². The molecule has 3 aromatic carbocycles. The van der Waals surface area contributed by atoms with Gasteiger partial charge in [0.15, 0.2) is 0 Å². The van der Waals surface area contributed by atoms with Gasteiger partial charge in [-0.05, 0) is 35.4 Å². The molecule has 0 saturated heterocycles. The van der Waals surface area contributed by atoms with Crippen LogP contribution in [0.3, 0.4) is 0 Å². The van der Waals surface area contributed by atoms with E-state index in [0.717, 1.165) is 34.8 Å². The van der Waals surface area contributed by atoms with Gasteiger partial charge in [0.2, 0.25) is 0 Å². The summed E-state index contributed by atoms with van der Waals surface area (Å²) < 4.78 is 38.7. The van der Waals surface area contributed by atoms with Crippen LogP contribution in [0, 0.1) is 0 Å². The molecule has 3 nitrogen and oxygen atoms in total. The molecule has 1 aliphatic rings. The molecule has 1 N–H and O–H groups in total. The highest BCUT2D eigenvalue weighted by atomic mass is 19.4. The van der Waals surface area contributed by atoms with Crippen molar-refractivity contribution in [2.24, 2.45) is 5.10 Å². The van der Waals surface area contributed by atoms with Gasteiger partial charge in [-0.25, -0.2) is 0 Å². The van der Waals surface area contributed by atoms with Gasteiger partial charge in [0, 0.05) is 13.5 Å². The first-order chi connectivity index (χ1) is 14.0. The Hall–Kier alpha value is -3.28. The Morgan fingerprint density at radius 3 is 2.21 bits per heavy atom. The Kier molecular flexibility index (Phi) is 5.01. The molecule has 0 bridgehead atoms. The van der Waals surface area contributed by atoms with Crippen LogP contribution >= 0.6 is 0 Å². The van der Waals surface area contributed by atoms with E-state index in [0.29, 0.717) is 12.0 Å². The molecule has 1 unspecified atom stereocenters. The monoisotopic (exact) mass is 395 g/mol. The molecular formula is C23H20F3N3. The summed E-state index contributed by atoms with van der Waals surface area (Å²) in [5.74, 6) is 0. The first-order valence-corrected chi connectivity index (χ1v) is 9.33. The fourth-order valence-corrected chi connectivity index (χ4v) is 3.58. The highest BCUT2D eigenvalue weighted by molar-refractivity contribution is 6.03. The Labute approximate surface area is 167 Å². The van der Waals surface area contributed by atoms with Gasteiger partial charge in [-0.1, -0.05) is 54.6 Å². The van der Waals surface area contributed by atoms with Gasteiger partial charge in [-0.2, -0.15) is 18.3 Å². The number of nitrogens with zero attached hydrogens (tertiary/aromatic N) is 2. The van der Waals surface area contributed by atoms with Gasteiger partial charge < -0.3 is 5.32 Å². The molecule has 3 aromatic rings. The predicted octanol–water partition coefficient (Wildman–Crippen LogP) is 6.10. The number of hydrazone groups is 1. The molecular weight excluding hydrogens is 375 g/mol. The SMILES string of the molecule is CNc1ccccc1N1N=C(c2ccc(C(F)(F)F)cc2)CC1c1ccccc1. The smallest absolute Gasteiger partial charge is 0.386 e. The molecule has 6 heteroatoms. The van der Waals surface area contributed by atoms with E-state index in [1.165, 1.54) is 12.1 Å². The molecule has 0 radical (unpaired) electrons. The van der Waals surface area contributed by atoms with Crippen molar-refractivity contribution >= 4 is 17.1 Å². The summed E-state index contributed by atoms with van der Waals surface area (Å²) in [6, 6.07) is 23.0. The predicted molar refractivity (Wildman–Crippen MR) is 110 cm³/mol. The van der Waals surface area contributed by atoms with Crippen molar-refractivity contribution in [3.05, 3.63) is 95.6 Å². The highest BCUT2D eigenvalue weighted by Gasteiger charge is 2.33. The molecule has 148 valence electrons. The first-order valence-electron chi connectivity index (χ1n) is 9.33. The minimum Gasteiger partial charge on any atom is -0.386 e.